The lowest BCUT2D eigenvalue weighted by Gasteiger charge is -2.27. The van der Waals surface area contributed by atoms with Crippen LogP contribution in [0.4, 0.5) is 0 Å². The molecule has 1 aliphatic carbocycles. The Hall–Kier alpha value is -1.99. The van der Waals surface area contributed by atoms with Gasteiger partial charge in [0.25, 0.3) is 10.7 Å². The first-order chi connectivity index (χ1) is 11.1. The van der Waals surface area contributed by atoms with Crippen molar-refractivity contribution in [2.75, 3.05) is 6.54 Å². The van der Waals surface area contributed by atoms with Gasteiger partial charge in [0.2, 0.25) is 5.89 Å². The summed E-state index contributed by atoms with van der Waals surface area (Å²) >= 11 is 4.84. The zero-order valence-corrected chi connectivity index (χ0v) is 13.4. The van der Waals surface area contributed by atoms with Gasteiger partial charge in [-0.25, -0.2) is 5.10 Å². The van der Waals surface area contributed by atoms with Crippen LogP contribution in [-0.4, -0.2) is 33.9 Å². The van der Waals surface area contributed by atoms with Crippen LogP contribution in [0.3, 0.4) is 0 Å². The van der Waals surface area contributed by atoms with Crippen LogP contribution in [0.5, 0.6) is 0 Å². The summed E-state index contributed by atoms with van der Waals surface area (Å²) in [6, 6.07) is 6.96. The molecular weight excluding hydrogens is 314 g/mol. The van der Waals surface area contributed by atoms with Gasteiger partial charge in [0.05, 0.1) is 6.10 Å². The fourth-order valence-electron chi connectivity index (χ4n) is 2.87. The average molecular weight is 333 g/mol. The van der Waals surface area contributed by atoms with Gasteiger partial charge >= 0.3 is 0 Å². The Morgan fingerprint density at radius 2 is 2.09 bits per heavy atom. The second-order valence-electron chi connectivity index (χ2n) is 5.82. The van der Waals surface area contributed by atoms with Crippen molar-refractivity contribution in [3.63, 3.8) is 0 Å². The molecule has 1 aliphatic rings. The second kappa shape index (κ2) is 7.06. The number of aromatic nitrogens is 2. The maximum Gasteiger partial charge on any atom is 0.284 e. The summed E-state index contributed by atoms with van der Waals surface area (Å²) in [5, 5.41) is 19.3. The molecule has 1 aromatic carbocycles. The number of hydrogen-bond donors (Lipinski definition) is 3. The van der Waals surface area contributed by atoms with Gasteiger partial charge in [-0.05, 0) is 49.3 Å². The Morgan fingerprint density at radius 3 is 2.74 bits per heavy atom. The molecule has 1 saturated carbocycles. The van der Waals surface area contributed by atoms with Crippen molar-refractivity contribution in [2.24, 2.45) is 5.92 Å². The van der Waals surface area contributed by atoms with Crippen molar-refractivity contribution in [3.05, 3.63) is 34.7 Å². The minimum Gasteiger partial charge on any atom is -0.409 e. The molecule has 0 spiro atoms. The smallest absolute Gasteiger partial charge is 0.284 e. The first kappa shape index (κ1) is 15.9. The number of aromatic amines is 1. The standard InChI is InChI=1S/C16H19N3O3S/c20-13-4-2-1-3-12(13)9-17-14(21)10-5-7-11(8-6-10)15-18-19-16(23)22-15/h5-8,12-13,20H,1-4,9H2,(H,17,21)(H,19,23)/t12-,13-/m1/s1. The SMILES string of the molecule is O=C(NC[C@H]1CCCC[C@H]1O)c1ccc(-c2n[nH]c(=S)o2)cc1. The van der Waals surface area contributed by atoms with E-state index >= 15 is 0 Å². The number of aliphatic hydroxyl groups is 1. The molecule has 0 bridgehead atoms. The summed E-state index contributed by atoms with van der Waals surface area (Å²) in [4.78, 5) is 12.4. The van der Waals surface area contributed by atoms with Crippen LogP contribution in [0.2, 0.25) is 0 Å². The summed E-state index contributed by atoms with van der Waals surface area (Å²) in [6.45, 7) is 0.510. The molecule has 7 heteroatoms. The first-order valence-electron chi connectivity index (χ1n) is 7.75. The normalized spacial score (nSPS) is 21.1. The second-order valence-corrected chi connectivity index (χ2v) is 6.19. The molecule has 6 nitrogen and oxygen atoms in total. The number of nitrogens with zero attached hydrogens (tertiary/aromatic N) is 1. The highest BCUT2D eigenvalue weighted by atomic mass is 32.1. The van der Waals surface area contributed by atoms with Crippen molar-refractivity contribution in [1.29, 1.82) is 0 Å². The largest absolute Gasteiger partial charge is 0.409 e. The Bertz CT molecular complexity index is 723. The summed E-state index contributed by atoms with van der Waals surface area (Å²) in [5.41, 5.74) is 1.31. The van der Waals surface area contributed by atoms with Crippen molar-refractivity contribution in [3.8, 4) is 11.5 Å². The van der Waals surface area contributed by atoms with E-state index in [1.54, 1.807) is 24.3 Å². The maximum absolute atomic E-state index is 12.2. The predicted octanol–water partition coefficient (Wildman–Crippen LogP) is 2.68. The number of nitrogens with one attached hydrogen (secondary N) is 2. The molecule has 2 atom stereocenters. The minimum absolute atomic E-state index is 0.141. The Kier molecular flexibility index (Phi) is 4.88. The highest BCUT2D eigenvalue weighted by Gasteiger charge is 2.23. The highest BCUT2D eigenvalue weighted by molar-refractivity contribution is 7.71. The zero-order valence-electron chi connectivity index (χ0n) is 12.6. The lowest BCUT2D eigenvalue weighted by atomic mass is 9.86. The van der Waals surface area contributed by atoms with Gasteiger partial charge in [0, 0.05) is 23.6 Å². The van der Waals surface area contributed by atoms with Crippen LogP contribution in [0.15, 0.2) is 28.7 Å². The molecular formula is C16H19N3O3S. The fourth-order valence-corrected chi connectivity index (χ4v) is 2.99. The molecule has 3 rings (SSSR count). The van der Waals surface area contributed by atoms with E-state index < -0.39 is 0 Å². The Balaban J connectivity index is 1.60. The quantitative estimate of drug-likeness (QED) is 0.748. The fraction of sp³-hybridized carbons (Fsp3) is 0.438. The summed E-state index contributed by atoms with van der Waals surface area (Å²) in [6.07, 6.45) is 3.67. The molecule has 0 radical (unpaired) electrons. The van der Waals surface area contributed by atoms with E-state index in [-0.39, 0.29) is 22.8 Å². The van der Waals surface area contributed by atoms with E-state index in [4.69, 9.17) is 16.6 Å². The lowest BCUT2D eigenvalue weighted by Crippen LogP contribution is -2.36. The van der Waals surface area contributed by atoms with Crippen LogP contribution < -0.4 is 5.32 Å². The van der Waals surface area contributed by atoms with Gasteiger partial charge in [0.1, 0.15) is 0 Å². The molecule has 2 aromatic rings. The van der Waals surface area contributed by atoms with Crippen molar-refractivity contribution in [1.82, 2.24) is 15.5 Å². The molecule has 0 saturated heterocycles. The van der Waals surface area contributed by atoms with Gasteiger partial charge in [-0.15, -0.1) is 5.10 Å². The molecule has 23 heavy (non-hydrogen) atoms. The van der Waals surface area contributed by atoms with E-state index in [0.717, 1.165) is 31.2 Å². The Morgan fingerprint density at radius 1 is 1.35 bits per heavy atom. The van der Waals surface area contributed by atoms with Crippen molar-refractivity contribution in [2.45, 2.75) is 31.8 Å². The van der Waals surface area contributed by atoms with E-state index in [1.807, 2.05) is 0 Å². The topological polar surface area (TPSA) is 91.1 Å². The van der Waals surface area contributed by atoms with Crippen LogP contribution in [-0.2, 0) is 0 Å². The third kappa shape index (κ3) is 3.86. The van der Waals surface area contributed by atoms with E-state index in [2.05, 4.69) is 15.5 Å². The predicted molar refractivity (Wildman–Crippen MR) is 87.4 cm³/mol. The molecule has 1 heterocycles. The van der Waals surface area contributed by atoms with E-state index in [1.165, 1.54) is 0 Å². The van der Waals surface area contributed by atoms with Gasteiger partial charge in [-0.1, -0.05) is 12.8 Å². The first-order valence-corrected chi connectivity index (χ1v) is 8.16. The van der Waals surface area contributed by atoms with Crippen molar-refractivity contribution < 1.29 is 14.3 Å². The van der Waals surface area contributed by atoms with E-state index in [0.29, 0.717) is 18.0 Å². The molecule has 3 N–H and O–H groups in total. The van der Waals surface area contributed by atoms with E-state index in [9.17, 15) is 9.90 Å². The zero-order chi connectivity index (χ0) is 16.2. The number of benzene rings is 1. The van der Waals surface area contributed by atoms with Gasteiger partial charge in [0.15, 0.2) is 0 Å². The third-order valence-electron chi connectivity index (χ3n) is 4.23. The maximum atomic E-state index is 12.2. The molecule has 1 aromatic heterocycles. The number of amides is 1. The molecule has 1 fully saturated rings. The number of aliphatic hydroxyl groups excluding tert-OH is 1. The number of carbonyl (C=O) groups excluding carboxylic acids is 1. The molecule has 1 amide bonds. The number of hydrogen-bond acceptors (Lipinski definition) is 5. The molecule has 0 aliphatic heterocycles. The van der Waals surface area contributed by atoms with Gasteiger partial charge < -0.3 is 14.8 Å². The van der Waals surface area contributed by atoms with Crippen LogP contribution in [0.1, 0.15) is 36.0 Å². The van der Waals surface area contributed by atoms with Crippen LogP contribution >= 0.6 is 12.2 Å². The summed E-state index contributed by atoms with van der Waals surface area (Å²) in [7, 11) is 0. The van der Waals surface area contributed by atoms with Gasteiger partial charge in [-0.3, -0.25) is 4.79 Å². The molecule has 122 valence electrons. The molecule has 0 unspecified atom stereocenters. The summed E-state index contributed by atoms with van der Waals surface area (Å²) < 4.78 is 5.23. The van der Waals surface area contributed by atoms with Gasteiger partial charge in [-0.2, -0.15) is 0 Å². The number of rotatable bonds is 4. The average Bonchev–Trinajstić information content (AvgIpc) is 3.00. The monoisotopic (exact) mass is 333 g/mol. The highest BCUT2D eigenvalue weighted by Crippen LogP contribution is 2.23. The lowest BCUT2D eigenvalue weighted by molar-refractivity contribution is 0.0663. The van der Waals surface area contributed by atoms with Crippen LogP contribution in [0, 0.1) is 10.8 Å². The third-order valence-corrected chi connectivity index (χ3v) is 4.40. The van der Waals surface area contributed by atoms with Crippen LogP contribution in [0.25, 0.3) is 11.5 Å². The summed E-state index contributed by atoms with van der Waals surface area (Å²) in [5.74, 6) is 0.407. The van der Waals surface area contributed by atoms with Crippen molar-refractivity contribution >= 4 is 18.1 Å². The Labute approximate surface area is 138 Å². The number of H-pyrrole nitrogens is 1. The minimum atomic E-state index is -0.305. The number of carbonyl (C=O) groups is 1.